The Labute approximate surface area is 119 Å². The molecule has 0 saturated heterocycles. The fraction of sp³-hybridized carbons (Fsp3) is 0.778. The van der Waals surface area contributed by atoms with Gasteiger partial charge in [0.2, 0.25) is 0 Å². The summed E-state index contributed by atoms with van der Waals surface area (Å²) < 4.78 is 5.89. The number of hydrogen-bond donors (Lipinski definition) is 0. The normalized spacial score (nSPS) is 23.3. The molecule has 2 aliphatic carbocycles. The fourth-order valence-electron chi connectivity index (χ4n) is 3.49. The van der Waals surface area contributed by atoms with E-state index in [9.17, 15) is 0 Å². The maximum absolute atomic E-state index is 5.89. The first-order valence-corrected chi connectivity index (χ1v) is 8.25. The summed E-state index contributed by atoms with van der Waals surface area (Å²) in [4.78, 5) is 0. The summed E-state index contributed by atoms with van der Waals surface area (Å²) in [5.41, 5.74) is 0. The number of allylic oxidation sites excluding steroid dienone is 4. The average molecular weight is 262 g/mol. The Morgan fingerprint density at radius 3 is 1.53 bits per heavy atom. The van der Waals surface area contributed by atoms with Crippen LogP contribution < -0.4 is 0 Å². The van der Waals surface area contributed by atoms with Gasteiger partial charge in [-0.2, -0.15) is 0 Å². The summed E-state index contributed by atoms with van der Waals surface area (Å²) in [6, 6.07) is 0. The molecule has 0 amide bonds. The Hall–Kier alpha value is -0.720. The summed E-state index contributed by atoms with van der Waals surface area (Å²) >= 11 is 0. The summed E-state index contributed by atoms with van der Waals surface area (Å²) in [5.74, 6) is 4.02. The van der Waals surface area contributed by atoms with Gasteiger partial charge in [0.15, 0.2) is 0 Å². The van der Waals surface area contributed by atoms with Crippen molar-refractivity contribution in [2.45, 2.75) is 78.1 Å². The van der Waals surface area contributed by atoms with E-state index in [4.69, 9.17) is 4.74 Å². The van der Waals surface area contributed by atoms with Crippen LogP contribution in [-0.2, 0) is 4.74 Å². The van der Waals surface area contributed by atoms with Crippen molar-refractivity contribution in [3.63, 3.8) is 0 Å². The second-order valence-corrected chi connectivity index (χ2v) is 6.50. The minimum Gasteiger partial charge on any atom is -0.467 e. The molecule has 0 bridgehead atoms. The third-order valence-corrected chi connectivity index (χ3v) is 4.75. The zero-order valence-electron chi connectivity index (χ0n) is 12.8. The quantitative estimate of drug-likeness (QED) is 0.536. The molecule has 108 valence electrons. The van der Waals surface area contributed by atoms with Gasteiger partial charge in [0.1, 0.15) is 0 Å². The Morgan fingerprint density at radius 1 is 0.789 bits per heavy atom. The van der Waals surface area contributed by atoms with E-state index in [0.717, 1.165) is 23.4 Å². The summed E-state index contributed by atoms with van der Waals surface area (Å²) in [7, 11) is 0. The van der Waals surface area contributed by atoms with Crippen molar-refractivity contribution in [3.8, 4) is 0 Å². The maximum Gasteiger partial charge on any atom is 0.0965 e. The van der Waals surface area contributed by atoms with Crippen molar-refractivity contribution in [3.05, 3.63) is 23.7 Å². The van der Waals surface area contributed by atoms with E-state index in [-0.39, 0.29) is 0 Å². The van der Waals surface area contributed by atoms with Crippen LogP contribution >= 0.6 is 0 Å². The highest BCUT2D eigenvalue weighted by Gasteiger charge is 2.14. The number of ether oxygens (including phenoxy) is 1. The Bertz CT molecular complexity index is 283. The molecule has 2 saturated carbocycles. The lowest BCUT2D eigenvalue weighted by Gasteiger charge is -2.10. The SMILES string of the molecule is CC(=CCC1CCCC1)OC(C)=CCC1CCCC1. The molecule has 0 unspecified atom stereocenters. The summed E-state index contributed by atoms with van der Waals surface area (Å²) in [5, 5.41) is 0. The van der Waals surface area contributed by atoms with Crippen molar-refractivity contribution >= 4 is 0 Å². The molecule has 0 aliphatic heterocycles. The first-order valence-electron chi connectivity index (χ1n) is 8.25. The average Bonchev–Trinajstić information content (AvgIpc) is 3.07. The molecule has 2 fully saturated rings. The zero-order valence-corrected chi connectivity index (χ0v) is 12.8. The molecule has 0 aromatic rings. The van der Waals surface area contributed by atoms with Crippen molar-refractivity contribution in [2.24, 2.45) is 11.8 Å². The van der Waals surface area contributed by atoms with Gasteiger partial charge in [-0.05, 0) is 50.7 Å². The van der Waals surface area contributed by atoms with Crippen LogP contribution in [0.1, 0.15) is 78.1 Å². The zero-order chi connectivity index (χ0) is 13.5. The van der Waals surface area contributed by atoms with Crippen LogP contribution in [0, 0.1) is 11.8 Å². The molecule has 1 heteroatoms. The minimum atomic E-state index is 0.918. The number of hydrogen-bond acceptors (Lipinski definition) is 1. The van der Waals surface area contributed by atoms with Gasteiger partial charge in [-0.1, -0.05) is 51.4 Å². The molecule has 0 atom stereocenters. The fourth-order valence-corrected chi connectivity index (χ4v) is 3.49. The number of rotatable bonds is 6. The van der Waals surface area contributed by atoms with E-state index < -0.39 is 0 Å². The van der Waals surface area contributed by atoms with Gasteiger partial charge in [0, 0.05) is 0 Å². The molecule has 0 aromatic carbocycles. The smallest absolute Gasteiger partial charge is 0.0965 e. The third-order valence-electron chi connectivity index (χ3n) is 4.75. The van der Waals surface area contributed by atoms with Gasteiger partial charge < -0.3 is 4.74 Å². The highest BCUT2D eigenvalue weighted by Crippen LogP contribution is 2.29. The van der Waals surface area contributed by atoms with Crippen LogP contribution in [0.2, 0.25) is 0 Å². The maximum atomic E-state index is 5.89. The first-order chi connectivity index (χ1) is 9.24. The largest absolute Gasteiger partial charge is 0.467 e. The summed E-state index contributed by atoms with van der Waals surface area (Å²) in [6.07, 6.45) is 18.4. The van der Waals surface area contributed by atoms with Crippen molar-refractivity contribution in [1.29, 1.82) is 0 Å². The highest BCUT2D eigenvalue weighted by molar-refractivity contribution is 4.99. The van der Waals surface area contributed by atoms with Gasteiger partial charge >= 0.3 is 0 Å². The van der Waals surface area contributed by atoms with E-state index in [1.54, 1.807) is 0 Å². The van der Waals surface area contributed by atoms with Crippen LogP contribution in [0.25, 0.3) is 0 Å². The molecule has 0 heterocycles. The van der Waals surface area contributed by atoms with Gasteiger partial charge in [-0.15, -0.1) is 0 Å². The predicted molar refractivity (Wildman–Crippen MR) is 81.7 cm³/mol. The van der Waals surface area contributed by atoms with E-state index >= 15 is 0 Å². The van der Waals surface area contributed by atoms with Gasteiger partial charge in [0.25, 0.3) is 0 Å². The van der Waals surface area contributed by atoms with E-state index in [2.05, 4.69) is 26.0 Å². The minimum absolute atomic E-state index is 0.918. The van der Waals surface area contributed by atoms with E-state index in [1.807, 2.05) is 0 Å². The Kier molecular flexibility index (Phi) is 6.00. The van der Waals surface area contributed by atoms with Crippen LogP contribution in [0.4, 0.5) is 0 Å². The van der Waals surface area contributed by atoms with Gasteiger partial charge in [-0.25, -0.2) is 0 Å². The Morgan fingerprint density at radius 2 is 1.16 bits per heavy atom. The second kappa shape index (κ2) is 7.77. The second-order valence-electron chi connectivity index (χ2n) is 6.50. The lowest BCUT2D eigenvalue weighted by molar-refractivity contribution is 0.302. The molecule has 1 nitrogen and oxygen atoms in total. The van der Waals surface area contributed by atoms with Crippen LogP contribution in [-0.4, -0.2) is 0 Å². The lowest BCUT2D eigenvalue weighted by Crippen LogP contribution is -1.94. The predicted octanol–water partition coefficient (Wildman–Crippen LogP) is 5.97. The van der Waals surface area contributed by atoms with Crippen molar-refractivity contribution < 1.29 is 4.74 Å². The van der Waals surface area contributed by atoms with Crippen LogP contribution in [0.3, 0.4) is 0 Å². The topological polar surface area (TPSA) is 9.23 Å². The first kappa shape index (κ1) is 14.7. The molecule has 2 rings (SSSR count). The molecule has 0 radical (unpaired) electrons. The van der Waals surface area contributed by atoms with Crippen molar-refractivity contribution in [2.75, 3.05) is 0 Å². The monoisotopic (exact) mass is 262 g/mol. The molecular weight excluding hydrogens is 232 g/mol. The van der Waals surface area contributed by atoms with Crippen LogP contribution in [0.5, 0.6) is 0 Å². The van der Waals surface area contributed by atoms with Gasteiger partial charge in [0.05, 0.1) is 11.5 Å². The summed E-state index contributed by atoms with van der Waals surface area (Å²) in [6.45, 7) is 4.20. The third kappa shape index (κ3) is 5.42. The van der Waals surface area contributed by atoms with Crippen LogP contribution in [0.15, 0.2) is 23.7 Å². The standard InChI is InChI=1S/C18H30O/c1-15(11-13-17-7-3-4-8-17)19-16(2)12-14-18-9-5-6-10-18/h11-12,17-18H,3-10,13-14H2,1-2H3. The van der Waals surface area contributed by atoms with Crippen molar-refractivity contribution in [1.82, 2.24) is 0 Å². The van der Waals surface area contributed by atoms with E-state index in [1.165, 1.54) is 64.2 Å². The molecular formula is C18H30O. The Balaban J connectivity index is 1.68. The lowest BCUT2D eigenvalue weighted by atomic mass is 10.0. The molecule has 0 spiro atoms. The molecule has 2 aliphatic rings. The molecule has 0 aromatic heterocycles. The van der Waals surface area contributed by atoms with Gasteiger partial charge in [-0.3, -0.25) is 0 Å². The molecule has 19 heavy (non-hydrogen) atoms. The molecule has 0 N–H and O–H groups in total. The highest BCUT2D eigenvalue weighted by atomic mass is 16.5. The van der Waals surface area contributed by atoms with E-state index in [0.29, 0.717) is 0 Å².